The standard InChI is InChI=1S/C24H34N6S/c1-18-9-8-13-29(17-18)21-15-22(30-14-7-6-10-19(30)2)27-23(26-21)28-24(31)25-16-20-11-4-3-5-12-20/h3-5,11-12,15,18-19H,6-10,13-14,16-17H2,1-2H3,(H2,25,26,27,28,31). The SMILES string of the molecule is CC1CCCN(c2cc(N3CCCCC3C)nc(NC(=S)NCc3ccccc3)n2)C1. The van der Waals surface area contributed by atoms with Crippen molar-refractivity contribution in [3.05, 3.63) is 42.0 Å². The Morgan fingerprint density at radius 2 is 1.84 bits per heavy atom. The second-order valence-corrected chi connectivity index (χ2v) is 9.34. The maximum Gasteiger partial charge on any atom is 0.232 e. The summed E-state index contributed by atoms with van der Waals surface area (Å²) in [6.45, 7) is 8.43. The summed E-state index contributed by atoms with van der Waals surface area (Å²) in [7, 11) is 0. The van der Waals surface area contributed by atoms with Crippen molar-refractivity contribution in [3.8, 4) is 0 Å². The maximum atomic E-state index is 5.55. The first-order valence-electron chi connectivity index (χ1n) is 11.6. The number of anilines is 3. The van der Waals surface area contributed by atoms with Gasteiger partial charge in [-0.15, -0.1) is 0 Å². The van der Waals surface area contributed by atoms with Gasteiger partial charge in [-0.2, -0.15) is 9.97 Å². The lowest BCUT2D eigenvalue weighted by molar-refractivity contribution is 0.444. The second kappa shape index (κ2) is 10.3. The zero-order valence-corrected chi connectivity index (χ0v) is 19.5. The van der Waals surface area contributed by atoms with Crippen LogP contribution in [0.1, 0.15) is 51.5 Å². The van der Waals surface area contributed by atoms with Gasteiger partial charge in [0.25, 0.3) is 0 Å². The largest absolute Gasteiger partial charge is 0.358 e. The molecule has 31 heavy (non-hydrogen) atoms. The normalized spacial score (nSPS) is 21.6. The molecule has 0 radical (unpaired) electrons. The van der Waals surface area contributed by atoms with E-state index in [1.165, 1.54) is 37.7 Å². The monoisotopic (exact) mass is 438 g/mol. The van der Waals surface area contributed by atoms with Gasteiger partial charge < -0.3 is 20.4 Å². The molecule has 1 aromatic carbocycles. The summed E-state index contributed by atoms with van der Waals surface area (Å²) >= 11 is 5.55. The topological polar surface area (TPSA) is 56.3 Å². The quantitative estimate of drug-likeness (QED) is 0.663. The van der Waals surface area contributed by atoms with E-state index < -0.39 is 0 Å². The summed E-state index contributed by atoms with van der Waals surface area (Å²) in [5.41, 5.74) is 1.19. The van der Waals surface area contributed by atoms with Crippen LogP contribution in [-0.4, -0.2) is 40.8 Å². The van der Waals surface area contributed by atoms with Crippen molar-refractivity contribution in [2.24, 2.45) is 5.92 Å². The third-order valence-corrected chi connectivity index (χ3v) is 6.54. The summed E-state index contributed by atoms with van der Waals surface area (Å²) in [4.78, 5) is 14.5. The predicted molar refractivity (Wildman–Crippen MR) is 133 cm³/mol. The molecule has 166 valence electrons. The lowest BCUT2D eigenvalue weighted by atomic mass is 10.0. The summed E-state index contributed by atoms with van der Waals surface area (Å²) in [6, 6.07) is 12.9. The molecule has 2 aliphatic heterocycles. The Morgan fingerprint density at radius 3 is 2.61 bits per heavy atom. The Kier molecular flexibility index (Phi) is 7.22. The molecule has 0 amide bonds. The van der Waals surface area contributed by atoms with Gasteiger partial charge in [0.1, 0.15) is 11.6 Å². The number of nitrogens with zero attached hydrogens (tertiary/aromatic N) is 4. The van der Waals surface area contributed by atoms with Crippen LogP contribution in [-0.2, 0) is 6.54 Å². The van der Waals surface area contributed by atoms with E-state index >= 15 is 0 Å². The molecule has 2 N–H and O–H groups in total. The molecule has 2 saturated heterocycles. The van der Waals surface area contributed by atoms with Crippen molar-refractivity contribution < 1.29 is 0 Å². The summed E-state index contributed by atoms with van der Waals surface area (Å²) in [6.07, 6.45) is 6.21. The van der Waals surface area contributed by atoms with Crippen LogP contribution in [0.2, 0.25) is 0 Å². The summed E-state index contributed by atoms with van der Waals surface area (Å²) in [5, 5.41) is 7.06. The number of nitrogens with one attached hydrogen (secondary N) is 2. The van der Waals surface area contributed by atoms with Gasteiger partial charge in [0.15, 0.2) is 5.11 Å². The van der Waals surface area contributed by atoms with Gasteiger partial charge in [0, 0.05) is 38.3 Å². The highest BCUT2D eigenvalue weighted by molar-refractivity contribution is 7.80. The average Bonchev–Trinajstić information content (AvgIpc) is 2.78. The van der Waals surface area contributed by atoms with E-state index in [1.54, 1.807) is 0 Å². The molecule has 6 nitrogen and oxygen atoms in total. The Balaban J connectivity index is 1.52. The summed E-state index contributed by atoms with van der Waals surface area (Å²) < 4.78 is 0. The van der Waals surface area contributed by atoms with E-state index in [4.69, 9.17) is 22.2 Å². The molecule has 1 aromatic heterocycles. The first-order chi connectivity index (χ1) is 15.1. The van der Waals surface area contributed by atoms with Crippen LogP contribution in [0.25, 0.3) is 0 Å². The molecule has 2 fully saturated rings. The minimum Gasteiger partial charge on any atom is -0.358 e. The number of hydrogen-bond acceptors (Lipinski definition) is 5. The van der Waals surface area contributed by atoms with Crippen LogP contribution in [0.3, 0.4) is 0 Å². The molecule has 2 aromatic rings. The molecule has 0 spiro atoms. The Morgan fingerprint density at radius 1 is 1.03 bits per heavy atom. The maximum absolute atomic E-state index is 5.55. The first-order valence-corrected chi connectivity index (χ1v) is 12.0. The van der Waals surface area contributed by atoms with E-state index in [1.807, 2.05) is 18.2 Å². The Bertz CT molecular complexity index is 874. The fourth-order valence-electron chi connectivity index (χ4n) is 4.55. The molecule has 2 unspecified atom stereocenters. The third-order valence-electron chi connectivity index (χ3n) is 6.30. The molecule has 0 saturated carbocycles. The van der Waals surface area contributed by atoms with Crippen molar-refractivity contribution in [2.45, 2.75) is 58.5 Å². The lowest BCUT2D eigenvalue weighted by Crippen LogP contribution is -2.39. The third kappa shape index (κ3) is 5.85. The van der Waals surface area contributed by atoms with Gasteiger partial charge in [-0.1, -0.05) is 37.3 Å². The van der Waals surface area contributed by atoms with Crippen molar-refractivity contribution in [3.63, 3.8) is 0 Å². The molecular weight excluding hydrogens is 404 g/mol. The number of rotatable bonds is 5. The molecule has 2 atom stereocenters. The number of aromatic nitrogens is 2. The highest BCUT2D eigenvalue weighted by Gasteiger charge is 2.24. The van der Waals surface area contributed by atoms with Gasteiger partial charge in [-0.05, 0) is 62.7 Å². The van der Waals surface area contributed by atoms with Crippen molar-refractivity contribution in [1.29, 1.82) is 0 Å². The van der Waals surface area contributed by atoms with Crippen LogP contribution in [0.4, 0.5) is 17.6 Å². The van der Waals surface area contributed by atoms with E-state index in [2.05, 4.69) is 52.5 Å². The molecule has 4 rings (SSSR count). The minimum absolute atomic E-state index is 0.493. The number of thiocarbonyl (C=S) groups is 1. The summed E-state index contributed by atoms with van der Waals surface area (Å²) in [5.74, 6) is 3.27. The molecule has 2 aliphatic rings. The van der Waals surface area contributed by atoms with Gasteiger partial charge >= 0.3 is 0 Å². The van der Waals surface area contributed by atoms with Gasteiger partial charge in [-0.3, -0.25) is 0 Å². The van der Waals surface area contributed by atoms with Crippen LogP contribution in [0.15, 0.2) is 36.4 Å². The van der Waals surface area contributed by atoms with E-state index in [0.717, 1.165) is 31.3 Å². The number of benzene rings is 1. The molecule has 7 heteroatoms. The number of piperidine rings is 2. The first kappa shape index (κ1) is 21.8. The highest BCUT2D eigenvalue weighted by atomic mass is 32.1. The Hall–Kier alpha value is -2.41. The van der Waals surface area contributed by atoms with E-state index in [9.17, 15) is 0 Å². The van der Waals surface area contributed by atoms with Gasteiger partial charge in [-0.25, -0.2) is 0 Å². The minimum atomic E-state index is 0.493. The average molecular weight is 439 g/mol. The Labute approximate surface area is 191 Å². The molecule has 0 aliphatic carbocycles. The van der Waals surface area contributed by atoms with Crippen LogP contribution in [0, 0.1) is 5.92 Å². The van der Waals surface area contributed by atoms with Crippen LogP contribution >= 0.6 is 12.2 Å². The number of hydrogen-bond donors (Lipinski definition) is 2. The van der Waals surface area contributed by atoms with Crippen molar-refractivity contribution >= 4 is 34.9 Å². The zero-order chi connectivity index (χ0) is 21.6. The zero-order valence-electron chi connectivity index (χ0n) is 18.7. The van der Waals surface area contributed by atoms with Crippen molar-refractivity contribution in [2.75, 3.05) is 34.8 Å². The lowest BCUT2D eigenvalue weighted by Gasteiger charge is -2.36. The fourth-order valence-corrected chi connectivity index (χ4v) is 4.71. The fraction of sp³-hybridized carbons (Fsp3) is 0.542. The van der Waals surface area contributed by atoms with Gasteiger partial charge in [0.05, 0.1) is 0 Å². The van der Waals surface area contributed by atoms with E-state index in [-0.39, 0.29) is 0 Å². The smallest absolute Gasteiger partial charge is 0.232 e. The van der Waals surface area contributed by atoms with E-state index in [0.29, 0.717) is 29.6 Å². The van der Waals surface area contributed by atoms with Crippen LogP contribution < -0.4 is 20.4 Å². The molecule has 3 heterocycles. The van der Waals surface area contributed by atoms with Crippen LogP contribution in [0.5, 0.6) is 0 Å². The molecule has 0 bridgehead atoms. The molecular formula is C24H34N6S. The van der Waals surface area contributed by atoms with Crippen molar-refractivity contribution in [1.82, 2.24) is 15.3 Å². The second-order valence-electron chi connectivity index (χ2n) is 8.93. The highest BCUT2D eigenvalue weighted by Crippen LogP contribution is 2.29. The predicted octanol–water partition coefficient (Wildman–Crippen LogP) is 4.58. The van der Waals surface area contributed by atoms with Gasteiger partial charge in [0.2, 0.25) is 5.95 Å².